The molecule has 3 aromatic carbocycles. The number of rotatable bonds is 13. The van der Waals surface area contributed by atoms with E-state index in [1.54, 1.807) is 26.4 Å². The first-order valence-electron chi connectivity index (χ1n) is 18.7. The van der Waals surface area contributed by atoms with Crippen molar-refractivity contribution in [1.82, 2.24) is 24.3 Å². The van der Waals surface area contributed by atoms with Gasteiger partial charge >= 0.3 is 24.3 Å². The van der Waals surface area contributed by atoms with Crippen LogP contribution in [0.25, 0.3) is 22.0 Å². The van der Waals surface area contributed by atoms with Gasteiger partial charge in [-0.3, -0.25) is 4.79 Å². The molecule has 5 N–H and O–H groups in total. The highest BCUT2D eigenvalue weighted by Gasteiger charge is 2.39. The van der Waals surface area contributed by atoms with Crippen molar-refractivity contribution in [3.63, 3.8) is 0 Å². The summed E-state index contributed by atoms with van der Waals surface area (Å²) in [5.41, 5.74) is 9.50. The first kappa shape index (κ1) is 49.9. The molecule has 0 aliphatic carbocycles. The van der Waals surface area contributed by atoms with Crippen LogP contribution in [0.4, 0.5) is 42.2 Å². The molecule has 0 saturated carbocycles. The van der Waals surface area contributed by atoms with E-state index >= 15 is 4.39 Å². The van der Waals surface area contributed by atoms with E-state index in [0.717, 1.165) is 34.1 Å². The van der Waals surface area contributed by atoms with Gasteiger partial charge in [-0.2, -0.15) is 26.3 Å². The number of aliphatic carboxylic acids is 2. The number of carbonyl (C=O) groups is 3. The van der Waals surface area contributed by atoms with E-state index in [0.29, 0.717) is 35.9 Å². The predicted molar refractivity (Wildman–Crippen MR) is 219 cm³/mol. The molecule has 20 heteroatoms. The van der Waals surface area contributed by atoms with Gasteiger partial charge in [-0.25, -0.2) is 23.9 Å². The number of aryl methyl sites for hydroxylation is 1. The van der Waals surface area contributed by atoms with Gasteiger partial charge in [0, 0.05) is 60.6 Å². The van der Waals surface area contributed by atoms with E-state index in [1.165, 1.54) is 4.90 Å². The normalized spacial score (nSPS) is 12.1. The Morgan fingerprint density at radius 2 is 1.50 bits per heavy atom. The van der Waals surface area contributed by atoms with Crippen molar-refractivity contribution < 1.29 is 60.1 Å². The Bertz CT molecular complexity index is 2290. The van der Waals surface area contributed by atoms with Crippen molar-refractivity contribution in [2.45, 2.75) is 52.1 Å². The number of benzene rings is 3. The number of amides is 1. The first-order chi connectivity index (χ1) is 28.7. The number of alkyl halides is 6. The molecule has 0 spiro atoms. The third-order valence-corrected chi connectivity index (χ3v) is 8.74. The molecule has 0 radical (unpaired) electrons. The minimum atomic E-state index is -5.08. The monoisotopic (exact) mass is 879 g/mol. The molecule has 0 aliphatic heterocycles. The Morgan fingerprint density at radius 3 is 2.03 bits per heavy atom. The van der Waals surface area contributed by atoms with Crippen LogP contribution in [0, 0.1) is 11.2 Å². The molecule has 1 unspecified atom stereocenters. The molecule has 62 heavy (non-hydrogen) atoms. The summed E-state index contributed by atoms with van der Waals surface area (Å²) in [6.45, 7) is 7.37. The van der Waals surface area contributed by atoms with Gasteiger partial charge in [0.05, 0.1) is 12.3 Å². The first-order valence-corrected chi connectivity index (χ1v) is 18.7. The Morgan fingerprint density at radius 1 is 0.903 bits per heavy atom. The molecule has 2 heterocycles. The zero-order valence-electron chi connectivity index (χ0n) is 34.9. The van der Waals surface area contributed by atoms with Crippen molar-refractivity contribution >= 4 is 40.1 Å². The van der Waals surface area contributed by atoms with E-state index < -0.39 is 36.2 Å². The van der Waals surface area contributed by atoms with Crippen LogP contribution in [0.5, 0.6) is 5.75 Å². The van der Waals surface area contributed by atoms with E-state index in [9.17, 15) is 31.1 Å². The van der Waals surface area contributed by atoms with Crippen LogP contribution in [0.3, 0.4) is 0 Å². The number of imidazole rings is 1. The maximum absolute atomic E-state index is 16.9. The summed E-state index contributed by atoms with van der Waals surface area (Å²) in [5.74, 6) is -5.00. The van der Waals surface area contributed by atoms with Crippen molar-refractivity contribution in [2.75, 3.05) is 52.4 Å². The molecule has 0 bridgehead atoms. The summed E-state index contributed by atoms with van der Waals surface area (Å²) < 4.78 is 88.4. The summed E-state index contributed by atoms with van der Waals surface area (Å²) in [6, 6.07) is 20.2. The molecule has 5 rings (SSSR count). The average Bonchev–Trinajstić information content (AvgIpc) is 3.59. The molecule has 0 fully saturated rings. The number of anilines is 2. The number of hydrogen-bond acceptors (Lipinski definition) is 9. The second-order valence-corrected chi connectivity index (χ2v) is 15.1. The summed E-state index contributed by atoms with van der Waals surface area (Å²) in [7, 11) is 7.46. The molecule has 5 aromatic rings. The molecule has 1 atom stereocenters. The predicted octanol–water partition coefficient (Wildman–Crippen LogP) is 7.90. The number of ether oxygens (including phenoxy) is 1. The minimum absolute atomic E-state index is 0.0252. The van der Waals surface area contributed by atoms with Gasteiger partial charge in [0.25, 0.3) is 0 Å². The lowest BCUT2D eigenvalue weighted by atomic mass is 9.94. The van der Waals surface area contributed by atoms with Crippen molar-refractivity contribution in [2.24, 2.45) is 5.41 Å². The highest BCUT2D eigenvalue weighted by Crippen LogP contribution is 2.36. The van der Waals surface area contributed by atoms with E-state index in [4.69, 9.17) is 35.3 Å². The summed E-state index contributed by atoms with van der Waals surface area (Å²) in [4.78, 5) is 43.8. The number of nitrogens with two attached hydrogens (primary N) is 1. The van der Waals surface area contributed by atoms with Crippen LogP contribution in [0.1, 0.15) is 43.8 Å². The number of hydrogen-bond donors (Lipinski definition) is 4. The van der Waals surface area contributed by atoms with Crippen LogP contribution in [-0.4, -0.2) is 106 Å². The Kier molecular flexibility index (Phi) is 16.8. The number of aromatic nitrogens is 3. The summed E-state index contributed by atoms with van der Waals surface area (Å²) in [5, 5.41) is 19.5. The number of carbonyl (C=O) groups excluding carboxylic acids is 1. The fourth-order valence-corrected chi connectivity index (χ4v) is 5.93. The number of halogens is 7. The Labute approximate surface area is 352 Å². The molecular formula is C42H48F7N7O6. The van der Waals surface area contributed by atoms with Gasteiger partial charge < -0.3 is 40.4 Å². The van der Waals surface area contributed by atoms with Crippen LogP contribution in [-0.2, 0) is 27.3 Å². The van der Waals surface area contributed by atoms with Gasteiger partial charge in [0.1, 0.15) is 24.2 Å². The van der Waals surface area contributed by atoms with Crippen LogP contribution >= 0.6 is 0 Å². The van der Waals surface area contributed by atoms with Crippen molar-refractivity contribution in [3.05, 3.63) is 102 Å². The number of nitrogens with one attached hydrogen (secondary N) is 1. The maximum atomic E-state index is 16.9. The molecule has 0 aliphatic rings. The van der Waals surface area contributed by atoms with Gasteiger partial charge in [0.2, 0.25) is 5.91 Å². The summed E-state index contributed by atoms with van der Waals surface area (Å²) in [6.07, 6.45) is -5.98. The third-order valence-electron chi connectivity index (χ3n) is 8.74. The fourth-order valence-electron chi connectivity index (χ4n) is 5.93. The number of carboxylic acid groups (broad SMARTS) is 2. The van der Waals surface area contributed by atoms with Crippen LogP contribution in [0.15, 0.2) is 79.1 Å². The second kappa shape index (κ2) is 20.9. The van der Waals surface area contributed by atoms with Gasteiger partial charge in [0.15, 0.2) is 11.6 Å². The zero-order chi connectivity index (χ0) is 46.7. The van der Waals surface area contributed by atoms with E-state index in [-0.39, 0.29) is 23.6 Å². The molecule has 1 amide bonds. The topological polar surface area (TPSA) is 176 Å². The maximum Gasteiger partial charge on any atom is 0.490 e. The van der Waals surface area contributed by atoms with Crippen molar-refractivity contribution in [3.8, 4) is 17.0 Å². The van der Waals surface area contributed by atoms with Crippen molar-refractivity contribution in [1.29, 1.82) is 0 Å². The Hall–Kier alpha value is -6.44. The second-order valence-electron chi connectivity index (χ2n) is 15.1. The van der Waals surface area contributed by atoms with Crippen LogP contribution in [0.2, 0.25) is 0 Å². The number of carboxylic acids is 2. The molecule has 336 valence electrons. The zero-order valence-corrected chi connectivity index (χ0v) is 34.9. The molecule has 13 nitrogen and oxygen atoms in total. The average molecular weight is 880 g/mol. The minimum Gasteiger partial charge on any atom is -0.490 e. The van der Waals surface area contributed by atoms with Gasteiger partial charge in [-0.05, 0) is 61.8 Å². The third kappa shape index (κ3) is 14.3. The number of nitrogen functional groups attached to an aromatic ring is 1. The number of likely N-dealkylation sites (N-methyl/N-ethyl adjacent to an activating group) is 1. The van der Waals surface area contributed by atoms with E-state index in [2.05, 4.69) is 29.0 Å². The van der Waals surface area contributed by atoms with Gasteiger partial charge in [-0.15, -0.1) is 0 Å². The smallest absolute Gasteiger partial charge is 0.490 e. The summed E-state index contributed by atoms with van der Waals surface area (Å²) >= 11 is 0. The number of pyridine rings is 1. The highest BCUT2D eigenvalue weighted by atomic mass is 19.4. The van der Waals surface area contributed by atoms with Gasteiger partial charge in [-0.1, -0.05) is 57.2 Å². The lowest BCUT2D eigenvalue weighted by molar-refractivity contribution is -0.193. The highest BCUT2D eigenvalue weighted by molar-refractivity contribution is 5.93. The number of nitrogens with zero attached hydrogens (tertiary/aromatic N) is 5. The van der Waals surface area contributed by atoms with E-state index in [1.807, 2.05) is 92.4 Å². The largest absolute Gasteiger partial charge is 0.490 e. The molecule has 2 aromatic heterocycles. The fraction of sp³-hybridized carbons (Fsp3) is 0.357. The standard InChI is InChI=1S/C38H46FN7O2.2C2HF3O2/c1-8-25-18-30(34(39)32(19-25)48-24-38(2,3)23-44(4)5)35(42-28-14-15-29-27(20-28)16-17-41-36(29)40)37-43-31(26-12-10-9-11-13-26)21-46(37)22-33(47)45(6)7;2*3-2(4,5)1(6)7/h9-21,35,42H,8,22-24H2,1-7H3,(H2,40,41);2*(H,6,7). The molecule has 0 saturated heterocycles. The lowest BCUT2D eigenvalue weighted by Crippen LogP contribution is -2.33. The Balaban J connectivity index is 0.000000629. The molecular weight excluding hydrogens is 831 g/mol. The quantitative estimate of drug-likeness (QED) is 0.0846. The lowest BCUT2D eigenvalue weighted by Gasteiger charge is -2.29. The SMILES string of the molecule is CCc1cc(OCC(C)(C)CN(C)C)c(F)c(C(Nc2ccc3c(N)nccc3c2)c2nc(-c3ccccc3)cn2CC(=O)N(C)C)c1.O=C(O)C(F)(F)F.O=C(O)C(F)(F)F. The number of fused-ring (bicyclic) bond motifs is 1. The van der Waals surface area contributed by atoms with Crippen LogP contribution < -0.4 is 15.8 Å².